The molecule has 7 heteroatoms. The molecule has 104 valence electrons. The second kappa shape index (κ2) is 3.91. The number of ether oxygens (including phenoxy) is 1. The first-order valence-corrected chi connectivity index (χ1v) is 6.57. The van der Waals surface area contributed by atoms with Crippen molar-refractivity contribution in [3.05, 3.63) is 5.82 Å². The minimum absolute atomic E-state index is 0.217. The highest BCUT2D eigenvalue weighted by atomic mass is 16.6. The van der Waals surface area contributed by atoms with Gasteiger partial charge >= 0.3 is 6.09 Å². The van der Waals surface area contributed by atoms with Crippen LogP contribution < -0.4 is 0 Å². The molecule has 1 aliphatic carbocycles. The Morgan fingerprint density at radius 1 is 1.32 bits per heavy atom. The third-order valence-corrected chi connectivity index (χ3v) is 3.67. The van der Waals surface area contributed by atoms with Crippen LogP contribution in [0.15, 0.2) is 0 Å². The molecule has 0 bridgehead atoms. The number of hydrogen-bond donors (Lipinski definition) is 0. The zero-order valence-electron chi connectivity index (χ0n) is 11.7. The van der Waals surface area contributed by atoms with E-state index in [-0.39, 0.29) is 6.09 Å². The van der Waals surface area contributed by atoms with E-state index in [9.17, 15) is 4.79 Å². The molecular formula is C12H19N5O2. The number of likely N-dealkylation sites (tertiary alicyclic amines) is 1. The Morgan fingerprint density at radius 3 is 2.42 bits per heavy atom. The van der Waals surface area contributed by atoms with Gasteiger partial charge in [-0.1, -0.05) is 0 Å². The lowest BCUT2D eigenvalue weighted by atomic mass is 10.2. The Morgan fingerprint density at radius 2 is 1.95 bits per heavy atom. The van der Waals surface area contributed by atoms with Gasteiger partial charge in [0.1, 0.15) is 5.60 Å². The fourth-order valence-electron chi connectivity index (χ4n) is 2.82. The zero-order chi connectivity index (χ0) is 13.8. The van der Waals surface area contributed by atoms with Crippen LogP contribution in [-0.2, 0) is 11.8 Å². The van der Waals surface area contributed by atoms with Gasteiger partial charge in [0.2, 0.25) is 0 Å². The topological polar surface area (TPSA) is 73.1 Å². The zero-order valence-corrected chi connectivity index (χ0v) is 11.7. The summed E-state index contributed by atoms with van der Waals surface area (Å²) in [5.74, 6) is 2.11. The molecule has 3 rings (SSSR count). The van der Waals surface area contributed by atoms with Crippen molar-refractivity contribution in [3.63, 3.8) is 0 Å². The fourth-order valence-corrected chi connectivity index (χ4v) is 2.82. The van der Waals surface area contributed by atoms with Crippen LogP contribution in [0.5, 0.6) is 0 Å². The van der Waals surface area contributed by atoms with Crippen molar-refractivity contribution in [1.29, 1.82) is 0 Å². The van der Waals surface area contributed by atoms with E-state index in [1.54, 1.807) is 11.9 Å². The number of aromatic nitrogens is 4. The van der Waals surface area contributed by atoms with E-state index in [4.69, 9.17) is 4.74 Å². The van der Waals surface area contributed by atoms with Crippen molar-refractivity contribution >= 4 is 6.09 Å². The third-order valence-electron chi connectivity index (χ3n) is 3.67. The van der Waals surface area contributed by atoms with Gasteiger partial charge in [-0.2, -0.15) is 4.80 Å². The smallest absolute Gasteiger partial charge is 0.410 e. The molecular weight excluding hydrogens is 246 g/mol. The number of piperidine rings is 1. The summed E-state index contributed by atoms with van der Waals surface area (Å²) in [5, 5.41) is 12.2. The number of hydrogen-bond acceptors (Lipinski definition) is 5. The van der Waals surface area contributed by atoms with Gasteiger partial charge in [0, 0.05) is 19.0 Å². The van der Waals surface area contributed by atoms with Crippen LogP contribution in [0.1, 0.15) is 32.5 Å². The van der Waals surface area contributed by atoms with Crippen LogP contribution in [0.2, 0.25) is 0 Å². The third kappa shape index (κ3) is 2.29. The number of aryl methyl sites for hydroxylation is 1. The maximum Gasteiger partial charge on any atom is 0.410 e. The monoisotopic (exact) mass is 265 g/mol. The molecule has 1 aromatic rings. The highest BCUT2D eigenvalue weighted by Crippen LogP contribution is 2.57. The van der Waals surface area contributed by atoms with Crippen molar-refractivity contribution < 1.29 is 9.53 Å². The standard InChI is InChI=1S/C12H19N5O2/c1-12(2,3)19-11(18)17-5-7-8(6-17)9(7)10-13-15-16(4)14-10/h7-9H,5-6H2,1-4H3/t7-,8?,9?/m0/s1. The Kier molecular flexibility index (Phi) is 2.55. The SMILES string of the molecule is Cn1nnc(C2C3CN(C(=O)OC(C)(C)C)C[C@@H]32)n1. The Hall–Kier alpha value is -1.66. The molecule has 2 fully saturated rings. The fraction of sp³-hybridized carbons (Fsp3) is 0.833. The van der Waals surface area contributed by atoms with Gasteiger partial charge in [-0.05, 0) is 37.8 Å². The van der Waals surface area contributed by atoms with Gasteiger partial charge in [0.15, 0.2) is 5.82 Å². The maximum atomic E-state index is 11.9. The highest BCUT2D eigenvalue weighted by molar-refractivity contribution is 5.69. The van der Waals surface area contributed by atoms with Crippen LogP contribution in [0.25, 0.3) is 0 Å². The van der Waals surface area contributed by atoms with Crippen molar-refractivity contribution in [2.75, 3.05) is 13.1 Å². The van der Waals surface area contributed by atoms with Crippen molar-refractivity contribution in [2.24, 2.45) is 18.9 Å². The average Bonchev–Trinajstić information content (AvgIpc) is 2.67. The largest absolute Gasteiger partial charge is 0.444 e. The minimum atomic E-state index is -0.435. The van der Waals surface area contributed by atoms with Crippen molar-refractivity contribution in [2.45, 2.75) is 32.3 Å². The Labute approximate surface area is 111 Å². The number of carbonyl (C=O) groups is 1. The van der Waals surface area contributed by atoms with Crippen LogP contribution in [0.3, 0.4) is 0 Å². The summed E-state index contributed by atoms with van der Waals surface area (Å²) in [7, 11) is 1.77. The van der Waals surface area contributed by atoms with Gasteiger partial charge in [0.25, 0.3) is 0 Å². The van der Waals surface area contributed by atoms with E-state index >= 15 is 0 Å². The molecule has 2 unspecified atom stereocenters. The predicted octanol–water partition coefficient (Wildman–Crippen LogP) is 0.790. The first kappa shape index (κ1) is 12.4. The molecule has 0 spiro atoms. The number of rotatable bonds is 1. The summed E-state index contributed by atoms with van der Waals surface area (Å²) in [5.41, 5.74) is -0.435. The maximum absolute atomic E-state index is 11.9. The second-order valence-electron chi connectivity index (χ2n) is 6.38. The van der Waals surface area contributed by atoms with Crippen molar-refractivity contribution in [1.82, 2.24) is 25.1 Å². The average molecular weight is 265 g/mol. The Balaban J connectivity index is 1.57. The molecule has 1 amide bonds. The van der Waals surface area contributed by atoms with E-state index in [1.165, 1.54) is 4.80 Å². The normalized spacial score (nSPS) is 29.3. The summed E-state index contributed by atoms with van der Waals surface area (Å²) in [6.07, 6.45) is -0.217. The quantitative estimate of drug-likeness (QED) is 0.750. The lowest BCUT2D eigenvalue weighted by molar-refractivity contribution is 0.0270. The molecule has 1 saturated carbocycles. The summed E-state index contributed by atoms with van der Waals surface area (Å²) >= 11 is 0. The summed E-state index contributed by atoms with van der Waals surface area (Å²) < 4.78 is 5.37. The number of nitrogens with zero attached hydrogens (tertiary/aromatic N) is 5. The van der Waals surface area contributed by atoms with Gasteiger partial charge in [-0.3, -0.25) is 0 Å². The molecule has 0 N–H and O–H groups in total. The minimum Gasteiger partial charge on any atom is -0.444 e. The van der Waals surface area contributed by atoms with Gasteiger partial charge in [-0.15, -0.1) is 10.2 Å². The molecule has 0 aromatic carbocycles. The molecule has 3 atom stereocenters. The summed E-state index contributed by atoms with van der Waals surface area (Å²) in [4.78, 5) is 15.2. The molecule has 1 aromatic heterocycles. The number of tetrazole rings is 1. The predicted molar refractivity (Wildman–Crippen MR) is 66.3 cm³/mol. The Bertz CT molecular complexity index is 494. The molecule has 19 heavy (non-hydrogen) atoms. The van der Waals surface area contributed by atoms with E-state index in [2.05, 4.69) is 15.4 Å². The van der Waals surface area contributed by atoms with Crippen molar-refractivity contribution in [3.8, 4) is 0 Å². The molecule has 0 radical (unpaired) electrons. The van der Waals surface area contributed by atoms with Crippen LogP contribution >= 0.6 is 0 Å². The number of fused-ring (bicyclic) bond motifs is 1. The molecule has 1 saturated heterocycles. The lowest BCUT2D eigenvalue weighted by Crippen LogP contribution is -2.36. The highest BCUT2D eigenvalue weighted by Gasteiger charge is 2.59. The van der Waals surface area contributed by atoms with Crippen LogP contribution in [-0.4, -0.2) is 49.9 Å². The van der Waals surface area contributed by atoms with E-state index in [0.29, 0.717) is 17.8 Å². The van der Waals surface area contributed by atoms with E-state index in [0.717, 1.165) is 18.9 Å². The van der Waals surface area contributed by atoms with Crippen LogP contribution in [0, 0.1) is 11.8 Å². The first-order chi connectivity index (χ1) is 8.85. The van der Waals surface area contributed by atoms with E-state index in [1.807, 2.05) is 20.8 Å². The lowest BCUT2D eigenvalue weighted by Gasteiger charge is -2.25. The van der Waals surface area contributed by atoms with Gasteiger partial charge < -0.3 is 9.64 Å². The van der Waals surface area contributed by atoms with E-state index < -0.39 is 5.60 Å². The van der Waals surface area contributed by atoms with Gasteiger partial charge in [-0.25, -0.2) is 4.79 Å². The molecule has 2 aliphatic rings. The van der Waals surface area contributed by atoms with Crippen LogP contribution in [0.4, 0.5) is 4.79 Å². The summed E-state index contributed by atoms with van der Waals surface area (Å²) in [6.45, 7) is 7.13. The molecule has 2 heterocycles. The van der Waals surface area contributed by atoms with Gasteiger partial charge in [0.05, 0.1) is 7.05 Å². The molecule has 7 nitrogen and oxygen atoms in total. The molecule has 1 aliphatic heterocycles. The number of carbonyl (C=O) groups excluding carboxylic acids is 1. The second-order valence-corrected chi connectivity index (χ2v) is 6.38. The first-order valence-electron chi connectivity index (χ1n) is 6.57. The summed E-state index contributed by atoms with van der Waals surface area (Å²) in [6, 6.07) is 0. The number of amides is 1.